The molecule has 3 rings (SSSR count). The summed E-state index contributed by atoms with van der Waals surface area (Å²) in [5.74, 6) is 0. The van der Waals surface area contributed by atoms with Gasteiger partial charge in [-0.2, -0.15) is 0 Å². The number of hydrogen-bond donors (Lipinski definition) is 0. The summed E-state index contributed by atoms with van der Waals surface area (Å²) in [6, 6.07) is 3.72. The van der Waals surface area contributed by atoms with Gasteiger partial charge in [0.15, 0.2) is 0 Å². The van der Waals surface area contributed by atoms with E-state index in [-0.39, 0.29) is 0 Å². The number of fused-ring (bicyclic) bond motifs is 1. The number of nitrogens with zero attached hydrogens (tertiary/aromatic N) is 5. The van der Waals surface area contributed by atoms with Crippen LogP contribution in [0, 0.1) is 0 Å². The van der Waals surface area contributed by atoms with E-state index in [1.165, 1.54) is 0 Å². The van der Waals surface area contributed by atoms with Crippen LogP contribution in [0.4, 0.5) is 0 Å². The van der Waals surface area contributed by atoms with Gasteiger partial charge >= 0.3 is 0 Å². The van der Waals surface area contributed by atoms with Crippen molar-refractivity contribution in [2.24, 2.45) is 0 Å². The van der Waals surface area contributed by atoms with Gasteiger partial charge in [-0.25, -0.2) is 9.67 Å². The predicted molar refractivity (Wildman–Crippen MR) is 76.8 cm³/mol. The largest absolute Gasteiger partial charge is 0.305 e. The quantitative estimate of drug-likeness (QED) is 0.686. The van der Waals surface area contributed by atoms with Gasteiger partial charge in [0.25, 0.3) is 0 Å². The molecule has 0 atom stereocenters. The number of imidazole rings is 1. The molecule has 0 fully saturated rings. The van der Waals surface area contributed by atoms with Gasteiger partial charge in [-0.05, 0) is 12.1 Å². The minimum absolute atomic E-state index is 0.606. The van der Waals surface area contributed by atoms with Gasteiger partial charge in [0, 0.05) is 30.3 Å². The smallest absolute Gasteiger partial charge is 0.137 e. The molecule has 5 nitrogen and oxygen atoms in total. The standard InChI is InChI=1S/C12H11BrClN5/c13-4-3-10-7-19(17-16-10)8-11-6-18-5-9(14)1-2-12(18)15-11/h1-2,5-7H,3-4,8H2. The lowest BCUT2D eigenvalue weighted by atomic mass is 10.4. The summed E-state index contributed by atoms with van der Waals surface area (Å²) in [7, 11) is 0. The average Bonchev–Trinajstić information content (AvgIpc) is 2.96. The highest BCUT2D eigenvalue weighted by molar-refractivity contribution is 9.09. The lowest BCUT2D eigenvalue weighted by Crippen LogP contribution is -2.00. The van der Waals surface area contributed by atoms with Crippen molar-refractivity contribution in [2.75, 3.05) is 5.33 Å². The minimum atomic E-state index is 0.606. The van der Waals surface area contributed by atoms with E-state index in [9.17, 15) is 0 Å². The average molecular weight is 341 g/mol. The first-order valence-corrected chi connectivity index (χ1v) is 7.32. The van der Waals surface area contributed by atoms with Gasteiger partial charge in [-0.15, -0.1) is 5.10 Å². The van der Waals surface area contributed by atoms with E-state index in [4.69, 9.17) is 11.6 Å². The SMILES string of the molecule is Clc1ccc2nc(Cn3cc(CCBr)nn3)cn2c1. The summed E-state index contributed by atoms with van der Waals surface area (Å²) in [4.78, 5) is 4.51. The molecule has 0 radical (unpaired) electrons. The number of alkyl halides is 1. The van der Waals surface area contributed by atoms with Crippen LogP contribution in [0.1, 0.15) is 11.4 Å². The topological polar surface area (TPSA) is 48.0 Å². The van der Waals surface area contributed by atoms with Crippen molar-refractivity contribution in [3.05, 3.63) is 47.1 Å². The van der Waals surface area contributed by atoms with E-state index in [0.717, 1.165) is 28.8 Å². The van der Waals surface area contributed by atoms with E-state index in [0.29, 0.717) is 11.6 Å². The van der Waals surface area contributed by atoms with Crippen LogP contribution in [0.25, 0.3) is 5.65 Å². The van der Waals surface area contributed by atoms with E-state index >= 15 is 0 Å². The van der Waals surface area contributed by atoms with E-state index in [1.807, 2.05) is 35.1 Å². The number of rotatable bonds is 4. The maximum Gasteiger partial charge on any atom is 0.137 e. The van der Waals surface area contributed by atoms with E-state index < -0.39 is 0 Å². The molecule has 0 saturated heterocycles. The van der Waals surface area contributed by atoms with E-state index in [2.05, 4.69) is 31.2 Å². The minimum Gasteiger partial charge on any atom is -0.305 e. The summed E-state index contributed by atoms with van der Waals surface area (Å²) < 4.78 is 3.70. The first-order chi connectivity index (χ1) is 9.24. The zero-order valence-electron chi connectivity index (χ0n) is 10.0. The maximum atomic E-state index is 5.95. The molecule has 19 heavy (non-hydrogen) atoms. The lowest BCUT2D eigenvalue weighted by molar-refractivity contribution is 0.640. The predicted octanol–water partition coefficient (Wildman–Crippen LogP) is 2.56. The molecule has 3 aromatic heterocycles. The number of halogens is 2. The number of pyridine rings is 1. The van der Waals surface area contributed by atoms with Gasteiger partial charge in [0.1, 0.15) is 5.65 Å². The van der Waals surface area contributed by atoms with Crippen molar-refractivity contribution in [3.63, 3.8) is 0 Å². The van der Waals surface area contributed by atoms with Crippen LogP contribution >= 0.6 is 27.5 Å². The molecule has 0 N–H and O–H groups in total. The Morgan fingerprint density at radius 3 is 2.89 bits per heavy atom. The fourth-order valence-electron chi connectivity index (χ4n) is 1.89. The zero-order chi connectivity index (χ0) is 13.2. The number of aryl methyl sites for hydroxylation is 1. The monoisotopic (exact) mass is 339 g/mol. The Labute approximate surface area is 123 Å². The molecule has 0 aromatic carbocycles. The van der Waals surface area contributed by atoms with Gasteiger partial charge in [-0.1, -0.05) is 32.7 Å². The van der Waals surface area contributed by atoms with Crippen molar-refractivity contribution in [1.29, 1.82) is 0 Å². The Balaban J connectivity index is 1.83. The Hall–Kier alpha value is -1.40. The van der Waals surface area contributed by atoms with E-state index in [1.54, 1.807) is 4.68 Å². The molecule has 0 spiro atoms. The molecule has 0 bridgehead atoms. The van der Waals surface area contributed by atoms with Crippen LogP contribution in [0.5, 0.6) is 0 Å². The Bertz CT molecular complexity index is 705. The number of hydrogen-bond acceptors (Lipinski definition) is 3. The molecule has 0 unspecified atom stereocenters. The van der Waals surface area contributed by atoms with Crippen LogP contribution in [0.2, 0.25) is 5.02 Å². The highest BCUT2D eigenvalue weighted by Crippen LogP contribution is 2.12. The number of aromatic nitrogens is 5. The summed E-state index contributed by atoms with van der Waals surface area (Å²) in [6.45, 7) is 0.606. The Kier molecular flexibility index (Phi) is 3.52. The van der Waals surface area contributed by atoms with Gasteiger partial charge in [0.2, 0.25) is 0 Å². The third kappa shape index (κ3) is 2.79. The summed E-state index contributed by atoms with van der Waals surface area (Å²) in [5.41, 5.74) is 2.78. The van der Waals surface area contributed by atoms with Crippen molar-refractivity contribution in [1.82, 2.24) is 24.4 Å². The highest BCUT2D eigenvalue weighted by atomic mass is 79.9. The molecule has 0 aliphatic rings. The summed E-state index contributed by atoms with van der Waals surface area (Å²) >= 11 is 9.33. The summed E-state index contributed by atoms with van der Waals surface area (Å²) in [5, 5.41) is 9.76. The van der Waals surface area contributed by atoms with Crippen LogP contribution in [0.15, 0.2) is 30.7 Å². The zero-order valence-corrected chi connectivity index (χ0v) is 12.3. The molecular formula is C12H11BrClN5. The first-order valence-electron chi connectivity index (χ1n) is 5.83. The molecule has 3 heterocycles. The normalized spacial score (nSPS) is 11.3. The molecule has 98 valence electrons. The van der Waals surface area contributed by atoms with Crippen LogP contribution in [-0.4, -0.2) is 29.7 Å². The third-order valence-electron chi connectivity index (χ3n) is 2.73. The third-order valence-corrected chi connectivity index (χ3v) is 3.35. The molecule has 0 saturated carbocycles. The van der Waals surface area contributed by atoms with Crippen molar-refractivity contribution in [2.45, 2.75) is 13.0 Å². The Morgan fingerprint density at radius 1 is 1.16 bits per heavy atom. The molecule has 0 aliphatic heterocycles. The Morgan fingerprint density at radius 2 is 2.05 bits per heavy atom. The van der Waals surface area contributed by atoms with Crippen LogP contribution in [0.3, 0.4) is 0 Å². The van der Waals surface area contributed by atoms with Crippen molar-refractivity contribution < 1.29 is 0 Å². The van der Waals surface area contributed by atoms with Gasteiger partial charge in [0.05, 0.1) is 23.0 Å². The van der Waals surface area contributed by atoms with Crippen molar-refractivity contribution in [3.8, 4) is 0 Å². The highest BCUT2D eigenvalue weighted by Gasteiger charge is 2.05. The summed E-state index contributed by atoms with van der Waals surface area (Å²) in [6.07, 6.45) is 6.61. The van der Waals surface area contributed by atoms with Crippen molar-refractivity contribution >= 4 is 33.2 Å². The van der Waals surface area contributed by atoms with Gasteiger partial charge < -0.3 is 4.40 Å². The molecule has 3 aromatic rings. The molecule has 7 heteroatoms. The molecule has 0 aliphatic carbocycles. The fourth-order valence-corrected chi connectivity index (χ4v) is 2.46. The van der Waals surface area contributed by atoms with Crippen LogP contribution in [-0.2, 0) is 13.0 Å². The van der Waals surface area contributed by atoms with Gasteiger partial charge in [-0.3, -0.25) is 0 Å². The fraction of sp³-hybridized carbons (Fsp3) is 0.250. The second-order valence-electron chi connectivity index (χ2n) is 4.19. The maximum absolute atomic E-state index is 5.95. The second kappa shape index (κ2) is 5.30. The van der Waals surface area contributed by atoms with Crippen LogP contribution < -0.4 is 0 Å². The first kappa shape index (κ1) is 12.6. The second-order valence-corrected chi connectivity index (χ2v) is 5.42. The molecule has 0 amide bonds. The molecular weight excluding hydrogens is 330 g/mol. The lowest BCUT2D eigenvalue weighted by Gasteiger charge is -1.94.